The monoisotopic (exact) mass is 320 g/mol. The first kappa shape index (κ1) is 17.7. The van der Waals surface area contributed by atoms with Crippen LogP contribution < -0.4 is 4.90 Å². The maximum Gasteiger partial charge on any atom is 0.317 e. The van der Waals surface area contributed by atoms with E-state index in [1.807, 2.05) is 6.92 Å². The Kier molecular flexibility index (Phi) is 5.57. The van der Waals surface area contributed by atoms with E-state index in [1.54, 1.807) is 6.33 Å². The van der Waals surface area contributed by atoms with Crippen molar-refractivity contribution in [2.75, 3.05) is 31.1 Å². The van der Waals surface area contributed by atoms with Crippen molar-refractivity contribution in [2.24, 2.45) is 0 Å². The molecule has 0 saturated carbocycles. The average Bonchev–Trinajstić information content (AvgIpc) is 2.52. The van der Waals surface area contributed by atoms with E-state index in [0.717, 1.165) is 44.0 Å². The van der Waals surface area contributed by atoms with Crippen LogP contribution in [-0.4, -0.2) is 58.2 Å². The van der Waals surface area contributed by atoms with E-state index in [-0.39, 0.29) is 12.0 Å². The zero-order valence-electron chi connectivity index (χ0n) is 14.6. The second-order valence-electron chi connectivity index (χ2n) is 7.19. The molecule has 0 amide bonds. The molecule has 1 fully saturated rings. The van der Waals surface area contributed by atoms with E-state index in [4.69, 9.17) is 5.11 Å². The molecule has 6 heteroatoms. The summed E-state index contributed by atoms with van der Waals surface area (Å²) in [7, 11) is 0. The summed E-state index contributed by atoms with van der Waals surface area (Å²) in [6.45, 7) is 11.2. The van der Waals surface area contributed by atoms with E-state index >= 15 is 0 Å². The molecular weight excluding hydrogens is 292 g/mol. The summed E-state index contributed by atoms with van der Waals surface area (Å²) in [6, 6.07) is 2.42. The Bertz CT molecular complexity index is 534. The smallest absolute Gasteiger partial charge is 0.317 e. The van der Waals surface area contributed by atoms with Crippen LogP contribution in [0.1, 0.15) is 46.2 Å². The number of carbonyl (C=O) groups is 1. The van der Waals surface area contributed by atoms with Crippen LogP contribution in [0.25, 0.3) is 0 Å². The summed E-state index contributed by atoms with van der Waals surface area (Å²) in [4.78, 5) is 24.1. The molecule has 0 unspecified atom stereocenters. The number of aromatic nitrogens is 2. The Morgan fingerprint density at radius 2 is 2.00 bits per heavy atom. The van der Waals surface area contributed by atoms with Crippen LogP contribution in [0.5, 0.6) is 0 Å². The largest absolute Gasteiger partial charge is 0.480 e. The molecule has 1 N–H and O–H groups in total. The number of anilines is 1. The molecule has 0 spiro atoms. The number of hydrogen-bond donors (Lipinski definition) is 1. The van der Waals surface area contributed by atoms with Gasteiger partial charge in [0.05, 0.1) is 12.2 Å². The third kappa shape index (κ3) is 4.64. The van der Waals surface area contributed by atoms with Gasteiger partial charge in [0.15, 0.2) is 0 Å². The van der Waals surface area contributed by atoms with Crippen molar-refractivity contribution < 1.29 is 9.90 Å². The molecule has 1 aliphatic heterocycles. The quantitative estimate of drug-likeness (QED) is 0.896. The number of aliphatic carboxylic acids is 1. The van der Waals surface area contributed by atoms with Gasteiger partial charge < -0.3 is 10.0 Å². The summed E-state index contributed by atoms with van der Waals surface area (Å²) in [5.41, 5.74) is 1.06. The van der Waals surface area contributed by atoms with Gasteiger partial charge in [-0.1, -0.05) is 27.7 Å². The van der Waals surface area contributed by atoms with Crippen molar-refractivity contribution in [1.29, 1.82) is 0 Å². The third-order valence-corrected chi connectivity index (χ3v) is 4.47. The summed E-state index contributed by atoms with van der Waals surface area (Å²) in [5.74, 6) is 0.226. The Labute approximate surface area is 138 Å². The van der Waals surface area contributed by atoms with Crippen LogP contribution in [0.2, 0.25) is 0 Å². The van der Waals surface area contributed by atoms with Crippen molar-refractivity contribution in [3.05, 3.63) is 18.1 Å². The standard InChI is InChI=1S/C17H28N4O2/c1-5-20(11-16(22)23)13-6-8-21(9-7-13)15-10-14(17(2,3)4)18-12-19-15/h10,12-13H,5-9,11H2,1-4H3,(H,22,23). The maximum absolute atomic E-state index is 11.0. The van der Waals surface area contributed by atoms with Gasteiger partial charge in [0.1, 0.15) is 12.1 Å². The number of rotatable bonds is 5. The molecule has 0 aromatic carbocycles. The molecule has 1 aromatic rings. The predicted octanol–water partition coefficient (Wildman–Crippen LogP) is 2.15. The van der Waals surface area contributed by atoms with E-state index in [9.17, 15) is 4.79 Å². The minimum Gasteiger partial charge on any atom is -0.480 e. The minimum absolute atomic E-state index is 0.0104. The van der Waals surface area contributed by atoms with Gasteiger partial charge in [-0.15, -0.1) is 0 Å². The topological polar surface area (TPSA) is 69.6 Å². The van der Waals surface area contributed by atoms with Crippen LogP contribution in [0.3, 0.4) is 0 Å². The third-order valence-electron chi connectivity index (χ3n) is 4.47. The lowest BCUT2D eigenvalue weighted by Gasteiger charge is -2.38. The molecule has 128 valence electrons. The molecule has 1 aromatic heterocycles. The van der Waals surface area contributed by atoms with Gasteiger partial charge in [-0.05, 0) is 19.4 Å². The van der Waals surface area contributed by atoms with Crippen LogP contribution >= 0.6 is 0 Å². The molecule has 0 bridgehead atoms. The fourth-order valence-corrected chi connectivity index (χ4v) is 3.06. The van der Waals surface area contributed by atoms with Gasteiger partial charge >= 0.3 is 5.97 Å². The second-order valence-corrected chi connectivity index (χ2v) is 7.19. The SMILES string of the molecule is CCN(CC(=O)O)C1CCN(c2cc(C(C)(C)C)ncn2)CC1. The predicted molar refractivity (Wildman–Crippen MR) is 90.8 cm³/mol. The van der Waals surface area contributed by atoms with Crippen LogP contribution in [0, 0.1) is 0 Å². The minimum atomic E-state index is -0.750. The van der Waals surface area contributed by atoms with Gasteiger partial charge in [0, 0.05) is 30.6 Å². The van der Waals surface area contributed by atoms with E-state index in [1.165, 1.54) is 0 Å². The lowest BCUT2D eigenvalue weighted by Crippen LogP contribution is -2.46. The highest BCUT2D eigenvalue weighted by molar-refractivity contribution is 5.69. The first-order valence-electron chi connectivity index (χ1n) is 8.34. The maximum atomic E-state index is 11.0. The van der Waals surface area contributed by atoms with Crippen molar-refractivity contribution in [2.45, 2.75) is 52.0 Å². The van der Waals surface area contributed by atoms with Crippen LogP contribution in [0.4, 0.5) is 5.82 Å². The molecule has 2 heterocycles. The molecular formula is C17H28N4O2. The first-order chi connectivity index (χ1) is 10.8. The zero-order valence-corrected chi connectivity index (χ0v) is 14.6. The molecule has 1 saturated heterocycles. The molecule has 0 atom stereocenters. The van der Waals surface area contributed by atoms with E-state index < -0.39 is 5.97 Å². The zero-order chi connectivity index (χ0) is 17.0. The summed E-state index contributed by atoms with van der Waals surface area (Å²) < 4.78 is 0. The summed E-state index contributed by atoms with van der Waals surface area (Å²) in [6.07, 6.45) is 3.58. The normalized spacial score (nSPS) is 16.8. The van der Waals surface area contributed by atoms with Crippen molar-refractivity contribution >= 4 is 11.8 Å². The number of likely N-dealkylation sites (N-methyl/N-ethyl adjacent to an activating group) is 1. The van der Waals surface area contributed by atoms with Crippen molar-refractivity contribution in [3.63, 3.8) is 0 Å². The lowest BCUT2D eigenvalue weighted by atomic mass is 9.92. The lowest BCUT2D eigenvalue weighted by molar-refractivity contribution is -0.139. The van der Waals surface area contributed by atoms with Gasteiger partial charge in [-0.3, -0.25) is 9.69 Å². The van der Waals surface area contributed by atoms with E-state index in [0.29, 0.717) is 6.04 Å². The van der Waals surface area contributed by atoms with Crippen LogP contribution in [-0.2, 0) is 10.2 Å². The number of carboxylic acid groups (broad SMARTS) is 1. The number of carboxylic acids is 1. The highest BCUT2D eigenvalue weighted by Crippen LogP contribution is 2.25. The average molecular weight is 320 g/mol. The number of piperidine rings is 1. The van der Waals surface area contributed by atoms with Gasteiger partial charge in [-0.2, -0.15) is 0 Å². The van der Waals surface area contributed by atoms with Crippen LogP contribution in [0.15, 0.2) is 12.4 Å². The highest BCUT2D eigenvalue weighted by atomic mass is 16.4. The molecule has 1 aliphatic rings. The molecule has 0 radical (unpaired) electrons. The molecule has 6 nitrogen and oxygen atoms in total. The van der Waals surface area contributed by atoms with Gasteiger partial charge in [0.2, 0.25) is 0 Å². The fourth-order valence-electron chi connectivity index (χ4n) is 3.06. The number of hydrogen-bond acceptors (Lipinski definition) is 5. The Hall–Kier alpha value is -1.69. The van der Waals surface area contributed by atoms with E-state index in [2.05, 4.69) is 46.6 Å². The first-order valence-corrected chi connectivity index (χ1v) is 8.34. The van der Waals surface area contributed by atoms with Crippen molar-refractivity contribution in [1.82, 2.24) is 14.9 Å². The fraction of sp³-hybridized carbons (Fsp3) is 0.706. The summed E-state index contributed by atoms with van der Waals surface area (Å²) >= 11 is 0. The Morgan fingerprint density at radius 1 is 1.35 bits per heavy atom. The Balaban J connectivity index is 2.00. The molecule has 23 heavy (non-hydrogen) atoms. The van der Waals surface area contributed by atoms with Crippen molar-refractivity contribution in [3.8, 4) is 0 Å². The summed E-state index contributed by atoms with van der Waals surface area (Å²) in [5, 5.41) is 9.01. The highest BCUT2D eigenvalue weighted by Gasteiger charge is 2.26. The second kappa shape index (κ2) is 7.25. The Morgan fingerprint density at radius 3 is 2.52 bits per heavy atom. The molecule has 0 aliphatic carbocycles. The van der Waals surface area contributed by atoms with Gasteiger partial charge in [-0.25, -0.2) is 9.97 Å². The molecule has 2 rings (SSSR count). The van der Waals surface area contributed by atoms with Gasteiger partial charge in [0.25, 0.3) is 0 Å². The number of nitrogens with zero attached hydrogens (tertiary/aromatic N) is 4.